The molecule has 0 aromatic carbocycles. The lowest BCUT2D eigenvalue weighted by Gasteiger charge is -2.38. The Labute approximate surface area is 174 Å². The maximum atomic E-state index is 12.6. The molecule has 1 aliphatic carbocycles. The molecular formula is C21H30N4O5. The molecule has 4 rings (SSSR count). The number of rotatable bonds is 6. The summed E-state index contributed by atoms with van der Waals surface area (Å²) in [5.41, 5.74) is 2.48. The topological polar surface area (TPSA) is 103 Å². The van der Waals surface area contributed by atoms with E-state index in [0.717, 1.165) is 23.1 Å². The summed E-state index contributed by atoms with van der Waals surface area (Å²) in [4.78, 5) is 30.5. The summed E-state index contributed by atoms with van der Waals surface area (Å²) in [7, 11) is 1.45. The van der Waals surface area contributed by atoms with Crippen LogP contribution in [0.4, 0.5) is 0 Å². The lowest BCUT2D eigenvalue weighted by Crippen LogP contribution is -2.53. The van der Waals surface area contributed by atoms with Crippen LogP contribution in [0.1, 0.15) is 46.1 Å². The summed E-state index contributed by atoms with van der Waals surface area (Å²) < 4.78 is 9.51. The van der Waals surface area contributed by atoms with Gasteiger partial charge in [-0.2, -0.15) is 0 Å². The molecule has 2 fully saturated rings. The summed E-state index contributed by atoms with van der Waals surface area (Å²) in [5.74, 6) is -0.203. The number of aliphatic hydroxyl groups excluding tert-OH is 1. The Bertz CT molecular complexity index is 1020. The first-order chi connectivity index (χ1) is 14.3. The standard InChI is InChI=1S/C21H30N4O5/c1-12(2)6-5-7-13(3)9-11-29-22-15-14-8-10-24-20(27)23(4)21(28)25(24)16(14)17(26)19-18(15)30-19/h6,9,14,16-19,26H,5,7-8,10-11H2,1-4H3/b13-9+,22-15-/t14-,16-,17+,18-,19+/m1/s1. The Hall–Kier alpha value is -2.39. The molecule has 0 amide bonds. The van der Waals surface area contributed by atoms with E-state index in [9.17, 15) is 14.7 Å². The molecule has 3 aliphatic rings. The Kier molecular flexibility index (Phi) is 5.59. The number of aliphatic hydroxyl groups is 1. The molecule has 1 aromatic heterocycles. The van der Waals surface area contributed by atoms with Crippen molar-refractivity contribution in [1.29, 1.82) is 0 Å². The minimum Gasteiger partial charge on any atom is -0.392 e. The number of hydrogen-bond acceptors (Lipinski definition) is 6. The first-order valence-electron chi connectivity index (χ1n) is 10.5. The van der Waals surface area contributed by atoms with Crippen LogP contribution >= 0.6 is 0 Å². The molecule has 0 unspecified atom stereocenters. The fraction of sp³-hybridized carbons (Fsp3) is 0.667. The molecule has 0 spiro atoms. The van der Waals surface area contributed by atoms with Crippen LogP contribution in [0.5, 0.6) is 0 Å². The average molecular weight is 418 g/mol. The van der Waals surface area contributed by atoms with Crippen molar-refractivity contribution >= 4 is 5.71 Å². The smallest absolute Gasteiger partial charge is 0.347 e. The van der Waals surface area contributed by atoms with Gasteiger partial charge in [-0.05, 0) is 46.1 Å². The van der Waals surface area contributed by atoms with Gasteiger partial charge in [-0.25, -0.2) is 23.5 Å². The number of hydrogen-bond donors (Lipinski definition) is 1. The number of fused-ring (bicyclic) bond motifs is 4. The predicted molar refractivity (Wildman–Crippen MR) is 112 cm³/mol. The molecule has 9 heteroatoms. The highest BCUT2D eigenvalue weighted by molar-refractivity contribution is 5.94. The van der Waals surface area contributed by atoms with Crippen LogP contribution < -0.4 is 11.4 Å². The number of nitrogens with zero attached hydrogens (tertiary/aromatic N) is 4. The Morgan fingerprint density at radius 2 is 2.03 bits per heavy atom. The first kappa shape index (κ1) is 20.9. The molecule has 1 aromatic rings. The summed E-state index contributed by atoms with van der Waals surface area (Å²) in [6.07, 6.45) is 5.26. The highest BCUT2D eigenvalue weighted by Crippen LogP contribution is 2.46. The zero-order valence-electron chi connectivity index (χ0n) is 17.9. The zero-order chi connectivity index (χ0) is 21.6. The van der Waals surface area contributed by atoms with E-state index in [1.54, 1.807) is 0 Å². The molecule has 0 radical (unpaired) electrons. The van der Waals surface area contributed by atoms with Crippen molar-refractivity contribution in [2.24, 2.45) is 18.1 Å². The van der Waals surface area contributed by atoms with E-state index in [0.29, 0.717) is 19.6 Å². The van der Waals surface area contributed by atoms with E-state index in [-0.39, 0.29) is 17.7 Å². The monoisotopic (exact) mass is 418 g/mol. The summed E-state index contributed by atoms with van der Waals surface area (Å²) >= 11 is 0. The summed E-state index contributed by atoms with van der Waals surface area (Å²) in [6.45, 7) is 7.01. The van der Waals surface area contributed by atoms with Crippen LogP contribution in [0.3, 0.4) is 0 Å². The highest BCUT2D eigenvalue weighted by Gasteiger charge is 2.61. The minimum atomic E-state index is -0.859. The van der Waals surface area contributed by atoms with E-state index in [4.69, 9.17) is 9.57 Å². The molecule has 5 atom stereocenters. The molecule has 2 aliphatic heterocycles. The number of epoxide rings is 1. The third kappa shape index (κ3) is 3.60. The van der Waals surface area contributed by atoms with Crippen molar-refractivity contribution < 1.29 is 14.7 Å². The third-order valence-corrected chi connectivity index (χ3v) is 6.25. The molecule has 1 saturated heterocycles. The SMILES string of the molecule is CC(C)=CCC/C(C)=C/CO/N=C1/[C@H]2CCn3c(=O)n(C)c(=O)n3[C@H]2[C@H](O)[C@@H]2O[C@H]12. The summed E-state index contributed by atoms with van der Waals surface area (Å²) in [6, 6.07) is -0.576. The van der Waals surface area contributed by atoms with Crippen LogP contribution in [0, 0.1) is 5.92 Å². The Morgan fingerprint density at radius 1 is 1.27 bits per heavy atom. The van der Waals surface area contributed by atoms with Crippen molar-refractivity contribution in [3.8, 4) is 0 Å². The second-order valence-electron chi connectivity index (χ2n) is 8.67. The molecule has 0 bridgehead atoms. The second-order valence-corrected chi connectivity index (χ2v) is 8.67. The molecule has 9 nitrogen and oxygen atoms in total. The second kappa shape index (κ2) is 8.03. The predicted octanol–water partition coefficient (Wildman–Crippen LogP) is 1.12. The molecule has 1 saturated carbocycles. The van der Waals surface area contributed by atoms with Crippen molar-refractivity contribution in [3.63, 3.8) is 0 Å². The van der Waals surface area contributed by atoms with Crippen LogP contribution in [-0.4, -0.2) is 49.7 Å². The van der Waals surface area contributed by atoms with Gasteiger partial charge in [-0.1, -0.05) is 22.4 Å². The third-order valence-electron chi connectivity index (χ3n) is 6.25. The normalized spacial score (nSPS) is 31.0. The summed E-state index contributed by atoms with van der Waals surface area (Å²) in [5, 5.41) is 15.1. The van der Waals surface area contributed by atoms with Gasteiger partial charge in [0.2, 0.25) is 0 Å². The van der Waals surface area contributed by atoms with Crippen LogP contribution in [0.15, 0.2) is 38.0 Å². The van der Waals surface area contributed by atoms with Gasteiger partial charge in [0.05, 0.1) is 11.8 Å². The van der Waals surface area contributed by atoms with Gasteiger partial charge in [0, 0.05) is 19.5 Å². The van der Waals surface area contributed by atoms with Crippen molar-refractivity contribution in [3.05, 3.63) is 44.3 Å². The highest BCUT2D eigenvalue weighted by atomic mass is 16.6. The van der Waals surface area contributed by atoms with Gasteiger partial charge in [0.1, 0.15) is 24.9 Å². The van der Waals surface area contributed by atoms with Crippen LogP contribution in [-0.2, 0) is 23.2 Å². The molecule has 30 heavy (non-hydrogen) atoms. The fourth-order valence-corrected chi connectivity index (χ4v) is 4.53. The molecule has 164 valence electrons. The number of aromatic nitrogens is 3. The number of allylic oxidation sites excluding steroid dienone is 3. The van der Waals surface area contributed by atoms with E-state index < -0.39 is 23.9 Å². The van der Waals surface area contributed by atoms with E-state index in [1.165, 1.54) is 27.6 Å². The van der Waals surface area contributed by atoms with Gasteiger partial charge >= 0.3 is 11.4 Å². The molecular weight excluding hydrogens is 388 g/mol. The van der Waals surface area contributed by atoms with Crippen molar-refractivity contribution in [2.75, 3.05) is 6.61 Å². The molecule has 1 N–H and O–H groups in total. The van der Waals surface area contributed by atoms with E-state index in [1.807, 2.05) is 6.08 Å². The van der Waals surface area contributed by atoms with Gasteiger partial charge in [0.25, 0.3) is 0 Å². The van der Waals surface area contributed by atoms with Crippen molar-refractivity contribution in [1.82, 2.24) is 13.9 Å². The Morgan fingerprint density at radius 3 is 2.77 bits per heavy atom. The van der Waals surface area contributed by atoms with E-state index in [2.05, 4.69) is 32.0 Å². The maximum absolute atomic E-state index is 12.6. The lowest BCUT2D eigenvalue weighted by molar-refractivity contribution is 0.0326. The van der Waals surface area contributed by atoms with Gasteiger partial charge in [0.15, 0.2) is 0 Å². The number of oxime groups is 1. The average Bonchev–Trinajstić information content (AvgIpc) is 3.47. The van der Waals surface area contributed by atoms with Gasteiger partial charge in [-0.3, -0.25) is 0 Å². The maximum Gasteiger partial charge on any atom is 0.347 e. The minimum absolute atomic E-state index is 0.203. The van der Waals surface area contributed by atoms with Crippen LogP contribution in [0.25, 0.3) is 0 Å². The zero-order valence-corrected chi connectivity index (χ0v) is 17.9. The fourth-order valence-electron chi connectivity index (χ4n) is 4.53. The van der Waals surface area contributed by atoms with Gasteiger partial charge in [-0.15, -0.1) is 0 Å². The largest absolute Gasteiger partial charge is 0.392 e. The van der Waals surface area contributed by atoms with E-state index >= 15 is 0 Å². The first-order valence-corrected chi connectivity index (χ1v) is 10.5. The lowest BCUT2D eigenvalue weighted by atomic mass is 9.78. The quantitative estimate of drug-likeness (QED) is 0.323. The molecule has 3 heterocycles. The van der Waals surface area contributed by atoms with Gasteiger partial charge < -0.3 is 14.7 Å². The van der Waals surface area contributed by atoms with Crippen LogP contribution in [0.2, 0.25) is 0 Å². The van der Waals surface area contributed by atoms with Crippen molar-refractivity contribution in [2.45, 2.75) is 70.9 Å². The Balaban J connectivity index is 1.49. The number of ether oxygens (including phenoxy) is 1.